The van der Waals surface area contributed by atoms with Crippen molar-refractivity contribution in [3.05, 3.63) is 89.0 Å². The largest absolute Gasteiger partial charge is 0.497 e. The highest BCUT2D eigenvalue weighted by molar-refractivity contribution is 6.06. The standard InChI is InChI=1S/C34H36N4O7/c1-21-15-17-33(23-5-10-26(43-3)11-6-23,24-7-12-27(44-4)13-8-24)38(21)29(39)20-37-30(40)34(45-32(37)42)18-16-22-19-25(9-14-28(22)34)36-31(41)35-2/h5-14,19,21H,15-18,20H2,1-4H3,(H2,35,36,41)/t21?,34-/m1/s1. The van der Waals surface area contributed by atoms with Crippen LogP contribution in [0.25, 0.3) is 0 Å². The van der Waals surface area contributed by atoms with E-state index < -0.39 is 29.7 Å². The van der Waals surface area contributed by atoms with Crippen molar-refractivity contribution in [2.75, 3.05) is 33.1 Å². The lowest BCUT2D eigenvalue weighted by Crippen LogP contribution is -2.53. The van der Waals surface area contributed by atoms with Gasteiger partial charge in [0.2, 0.25) is 11.5 Å². The van der Waals surface area contributed by atoms with Gasteiger partial charge < -0.3 is 29.7 Å². The predicted molar refractivity (Wildman–Crippen MR) is 165 cm³/mol. The Kier molecular flexibility index (Phi) is 7.64. The second-order valence-corrected chi connectivity index (χ2v) is 11.6. The van der Waals surface area contributed by atoms with E-state index in [2.05, 4.69) is 10.6 Å². The third kappa shape index (κ3) is 4.83. The third-order valence-electron chi connectivity index (χ3n) is 9.32. The molecule has 0 aromatic heterocycles. The summed E-state index contributed by atoms with van der Waals surface area (Å²) in [5.74, 6) is 0.462. The summed E-state index contributed by atoms with van der Waals surface area (Å²) in [4.78, 5) is 56.2. The fraction of sp³-hybridized carbons (Fsp3) is 0.353. The Hall–Kier alpha value is -5.06. The second kappa shape index (κ2) is 11.5. The van der Waals surface area contributed by atoms with Crippen molar-refractivity contribution in [2.45, 2.75) is 49.8 Å². The molecule has 5 amide bonds. The van der Waals surface area contributed by atoms with E-state index in [9.17, 15) is 19.2 Å². The van der Waals surface area contributed by atoms with E-state index in [0.717, 1.165) is 21.6 Å². The minimum Gasteiger partial charge on any atom is -0.497 e. The summed E-state index contributed by atoms with van der Waals surface area (Å²) < 4.78 is 16.6. The third-order valence-corrected chi connectivity index (χ3v) is 9.32. The number of amides is 5. The zero-order valence-electron chi connectivity index (χ0n) is 25.7. The zero-order valence-corrected chi connectivity index (χ0v) is 25.7. The molecule has 45 heavy (non-hydrogen) atoms. The number of nitrogens with one attached hydrogen (secondary N) is 2. The number of likely N-dealkylation sites (tertiary alicyclic amines) is 1. The molecular weight excluding hydrogens is 576 g/mol. The van der Waals surface area contributed by atoms with E-state index in [4.69, 9.17) is 14.2 Å². The average Bonchev–Trinajstić information content (AvgIpc) is 3.68. The fourth-order valence-corrected chi connectivity index (χ4v) is 7.11. The van der Waals surface area contributed by atoms with E-state index >= 15 is 0 Å². The molecule has 2 aliphatic heterocycles. The van der Waals surface area contributed by atoms with Gasteiger partial charge in [-0.05, 0) is 79.3 Å². The number of aryl methyl sites for hydroxylation is 1. The lowest BCUT2D eigenvalue weighted by Gasteiger charge is -2.42. The molecule has 1 aliphatic carbocycles. The first-order valence-corrected chi connectivity index (χ1v) is 14.9. The van der Waals surface area contributed by atoms with Crippen molar-refractivity contribution in [1.29, 1.82) is 0 Å². The average molecular weight is 613 g/mol. The summed E-state index contributed by atoms with van der Waals surface area (Å²) in [5.41, 5.74) is 1.35. The molecule has 2 N–H and O–H groups in total. The summed E-state index contributed by atoms with van der Waals surface area (Å²) in [5, 5.41) is 5.22. The number of imide groups is 1. The van der Waals surface area contributed by atoms with Crippen LogP contribution in [-0.2, 0) is 31.9 Å². The van der Waals surface area contributed by atoms with Gasteiger partial charge >= 0.3 is 12.1 Å². The molecular formula is C34H36N4O7. The fourth-order valence-electron chi connectivity index (χ4n) is 7.11. The van der Waals surface area contributed by atoms with Crippen LogP contribution >= 0.6 is 0 Å². The number of anilines is 1. The molecule has 2 atom stereocenters. The SMILES string of the molecule is CNC(=O)Nc1ccc2c(c1)CC[C@@]21OC(=O)N(CC(=O)N2C(C)CCC2(c2ccc(OC)cc2)c2ccc(OC)cc2)C1=O. The highest BCUT2D eigenvalue weighted by Crippen LogP contribution is 2.49. The Morgan fingerprint density at radius 2 is 1.56 bits per heavy atom. The highest BCUT2D eigenvalue weighted by Gasteiger charge is 2.59. The molecule has 3 aliphatic rings. The van der Waals surface area contributed by atoms with Crippen LogP contribution in [0.2, 0.25) is 0 Å². The summed E-state index contributed by atoms with van der Waals surface area (Å²) in [7, 11) is 4.72. The smallest absolute Gasteiger partial charge is 0.418 e. The van der Waals surface area contributed by atoms with Gasteiger partial charge in [-0.15, -0.1) is 0 Å². The topological polar surface area (TPSA) is 127 Å². The maximum absolute atomic E-state index is 14.4. The molecule has 0 radical (unpaired) electrons. The molecule has 2 saturated heterocycles. The number of nitrogens with zero attached hydrogens (tertiary/aromatic N) is 2. The Morgan fingerprint density at radius 1 is 0.933 bits per heavy atom. The van der Waals surface area contributed by atoms with E-state index in [1.165, 1.54) is 7.05 Å². The number of rotatable bonds is 7. The summed E-state index contributed by atoms with van der Waals surface area (Å²) >= 11 is 0. The number of hydrogen-bond donors (Lipinski definition) is 2. The van der Waals surface area contributed by atoms with Crippen LogP contribution in [0, 0.1) is 0 Å². The molecule has 3 aromatic carbocycles. The molecule has 1 unspecified atom stereocenters. The van der Waals surface area contributed by atoms with Crippen molar-refractivity contribution < 1.29 is 33.4 Å². The van der Waals surface area contributed by atoms with Crippen LogP contribution in [0.3, 0.4) is 0 Å². The maximum Gasteiger partial charge on any atom is 0.418 e. The molecule has 0 saturated carbocycles. The molecule has 0 bridgehead atoms. The van der Waals surface area contributed by atoms with Gasteiger partial charge in [0.05, 0.1) is 19.8 Å². The first-order chi connectivity index (χ1) is 21.7. The Balaban J connectivity index is 1.32. The van der Waals surface area contributed by atoms with Crippen LogP contribution in [0.5, 0.6) is 11.5 Å². The molecule has 11 heteroatoms. The normalized spacial score (nSPS) is 21.5. The van der Waals surface area contributed by atoms with Crippen LogP contribution < -0.4 is 20.1 Å². The molecule has 11 nitrogen and oxygen atoms in total. The molecule has 1 spiro atoms. The van der Waals surface area contributed by atoms with Gasteiger partial charge in [-0.25, -0.2) is 14.5 Å². The van der Waals surface area contributed by atoms with E-state index in [-0.39, 0.29) is 24.4 Å². The second-order valence-electron chi connectivity index (χ2n) is 11.6. The lowest BCUT2D eigenvalue weighted by atomic mass is 9.80. The maximum atomic E-state index is 14.4. The Labute approximate surface area is 261 Å². The van der Waals surface area contributed by atoms with Gasteiger partial charge in [0, 0.05) is 30.8 Å². The number of methoxy groups -OCH3 is 2. The van der Waals surface area contributed by atoms with Crippen LogP contribution in [0.1, 0.15) is 48.4 Å². The van der Waals surface area contributed by atoms with Crippen molar-refractivity contribution in [2.24, 2.45) is 0 Å². The van der Waals surface area contributed by atoms with Crippen molar-refractivity contribution in [3.8, 4) is 11.5 Å². The molecule has 6 rings (SSSR count). The lowest BCUT2D eigenvalue weighted by molar-refractivity contribution is -0.144. The quantitative estimate of drug-likeness (QED) is 0.402. The number of benzene rings is 3. The van der Waals surface area contributed by atoms with Gasteiger partial charge in [0.25, 0.3) is 5.91 Å². The summed E-state index contributed by atoms with van der Waals surface area (Å²) in [6, 6.07) is 19.9. The van der Waals surface area contributed by atoms with E-state index in [1.807, 2.05) is 60.4 Å². The van der Waals surface area contributed by atoms with Crippen LogP contribution in [0.4, 0.5) is 15.3 Å². The molecule has 3 aromatic rings. The Morgan fingerprint density at radius 3 is 2.13 bits per heavy atom. The van der Waals surface area contributed by atoms with Gasteiger partial charge in [-0.2, -0.15) is 0 Å². The highest BCUT2D eigenvalue weighted by atomic mass is 16.6. The number of urea groups is 1. The van der Waals surface area contributed by atoms with E-state index in [0.29, 0.717) is 42.0 Å². The molecule has 234 valence electrons. The molecule has 2 heterocycles. The first kappa shape index (κ1) is 30.0. The minimum atomic E-state index is -1.50. The number of hydrogen-bond acceptors (Lipinski definition) is 7. The summed E-state index contributed by atoms with van der Waals surface area (Å²) in [6.07, 6.45) is 1.23. The first-order valence-electron chi connectivity index (χ1n) is 14.9. The number of carbonyl (C=O) groups excluding carboxylic acids is 4. The zero-order chi connectivity index (χ0) is 31.9. The van der Waals surface area contributed by atoms with Gasteiger partial charge in [0.1, 0.15) is 18.0 Å². The van der Waals surface area contributed by atoms with Gasteiger partial charge in [-0.1, -0.05) is 30.3 Å². The number of fused-ring (bicyclic) bond motifs is 2. The summed E-state index contributed by atoms with van der Waals surface area (Å²) in [6.45, 7) is 1.53. The van der Waals surface area contributed by atoms with Crippen LogP contribution in [0.15, 0.2) is 66.7 Å². The number of ether oxygens (including phenoxy) is 3. The van der Waals surface area contributed by atoms with Crippen molar-refractivity contribution >= 4 is 29.6 Å². The van der Waals surface area contributed by atoms with E-state index in [1.54, 1.807) is 32.4 Å². The Bertz CT molecular complexity index is 1610. The van der Waals surface area contributed by atoms with Gasteiger partial charge in [-0.3, -0.25) is 9.59 Å². The van der Waals surface area contributed by atoms with Gasteiger partial charge in [0.15, 0.2) is 0 Å². The molecule has 2 fully saturated rings. The number of carbonyl (C=O) groups is 4. The van der Waals surface area contributed by atoms with Crippen molar-refractivity contribution in [3.63, 3.8) is 0 Å². The van der Waals surface area contributed by atoms with Crippen molar-refractivity contribution in [1.82, 2.24) is 15.1 Å². The monoisotopic (exact) mass is 612 g/mol. The minimum absolute atomic E-state index is 0.178. The van der Waals surface area contributed by atoms with Crippen LogP contribution in [-0.4, -0.2) is 67.6 Å². The predicted octanol–water partition coefficient (Wildman–Crippen LogP) is 4.53.